The van der Waals surface area contributed by atoms with Gasteiger partial charge in [0.05, 0.1) is 0 Å². The normalized spacial score (nSPS) is 20.1. The SMILES string of the molecule is CN1CC(Nc2cc(Br)nc(C(C)(C)C)n2)CCC1=O. The summed E-state index contributed by atoms with van der Waals surface area (Å²) in [5.41, 5.74) is -0.0977. The molecule has 1 atom stereocenters. The zero-order valence-corrected chi connectivity index (χ0v) is 14.0. The number of nitrogens with one attached hydrogen (secondary N) is 1. The molecule has 1 aliphatic rings. The Morgan fingerprint density at radius 2 is 2.10 bits per heavy atom. The molecule has 1 amide bonds. The predicted molar refractivity (Wildman–Crippen MR) is 82.7 cm³/mol. The van der Waals surface area contributed by atoms with Crippen LogP contribution in [0, 0.1) is 0 Å². The maximum atomic E-state index is 11.5. The number of nitrogens with zero attached hydrogens (tertiary/aromatic N) is 3. The van der Waals surface area contributed by atoms with E-state index >= 15 is 0 Å². The molecule has 110 valence electrons. The first kappa shape index (κ1) is 15.2. The van der Waals surface area contributed by atoms with Crippen molar-refractivity contribution in [1.29, 1.82) is 0 Å². The molecule has 0 aliphatic carbocycles. The Hall–Kier alpha value is -1.17. The lowest BCUT2D eigenvalue weighted by Crippen LogP contribution is -2.43. The number of hydrogen-bond acceptors (Lipinski definition) is 4. The van der Waals surface area contributed by atoms with Gasteiger partial charge in [-0.05, 0) is 22.4 Å². The molecule has 5 nitrogen and oxygen atoms in total. The lowest BCUT2D eigenvalue weighted by molar-refractivity contribution is -0.132. The van der Waals surface area contributed by atoms with Crippen LogP contribution in [0.3, 0.4) is 0 Å². The van der Waals surface area contributed by atoms with Gasteiger partial charge in [-0.2, -0.15) is 0 Å². The molecule has 0 spiro atoms. The fraction of sp³-hybridized carbons (Fsp3) is 0.643. The second kappa shape index (κ2) is 5.68. The topological polar surface area (TPSA) is 58.1 Å². The molecule has 1 saturated heterocycles. The minimum atomic E-state index is -0.0977. The van der Waals surface area contributed by atoms with E-state index in [0.717, 1.165) is 22.7 Å². The molecule has 2 rings (SSSR count). The summed E-state index contributed by atoms with van der Waals surface area (Å²) < 4.78 is 0.778. The van der Waals surface area contributed by atoms with E-state index in [1.54, 1.807) is 4.90 Å². The monoisotopic (exact) mass is 340 g/mol. The van der Waals surface area contributed by atoms with Crippen LogP contribution in [-0.4, -0.2) is 40.4 Å². The number of likely N-dealkylation sites (tertiary alicyclic amines) is 1. The summed E-state index contributed by atoms with van der Waals surface area (Å²) in [5, 5.41) is 3.41. The van der Waals surface area contributed by atoms with Crippen LogP contribution in [0.5, 0.6) is 0 Å². The highest BCUT2D eigenvalue weighted by molar-refractivity contribution is 9.10. The number of piperidine rings is 1. The molecule has 1 aliphatic heterocycles. The third-order valence-electron chi connectivity index (χ3n) is 3.34. The van der Waals surface area contributed by atoms with Crippen molar-refractivity contribution in [2.75, 3.05) is 18.9 Å². The van der Waals surface area contributed by atoms with Crippen LogP contribution in [0.1, 0.15) is 39.4 Å². The maximum absolute atomic E-state index is 11.5. The van der Waals surface area contributed by atoms with Crippen LogP contribution < -0.4 is 5.32 Å². The molecule has 1 N–H and O–H groups in total. The van der Waals surface area contributed by atoms with Crippen molar-refractivity contribution in [3.63, 3.8) is 0 Å². The number of amides is 1. The van der Waals surface area contributed by atoms with Gasteiger partial charge in [-0.25, -0.2) is 9.97 Å². The van der Waals surface area contributed by atoms with E-state index in [2.05, 4.69) is 52.0 Å². The van der Waals surface area contributed by atoms with Crippen molar-refractivity contribution in [3.05, 3.63) is 16.5 Å². The van der Waals surface area contributed by atoms with Crippen molar-refractivity contribution in [3.8, 4) is 0 Å². The first-order valence-corrected chi connectivity index (χ1v) is 7.60. The number of halogens is 1. The molecule has 2 heterocycles. The number of anilines is 1. The average Bonchev–Trinajstić information content (AvgIpc) is 2.32. The Kier molecular flexibility index (Phi) is 4.32. The van der Waals surface area contributed by atoms with Crippen LogP contribution in [0.25, 0.3) is 0 Å². The summed E-state index contributed by atoms with van der Waals surface area (Å²) in [4.78, 5) is 22.3. The van der Waals surface area contributed by atoms with E-state index in [9.17, 15) is 4.79 Å². The summed E-state index contributed by atoms with van der Waals surface area (Å²) in [6.07, 6.45) is 1.43. The molecule has 0 radical (unpaired) electrons. The van der Waals surface area contributed by atoms with E-state index in [0.29, 0.717) is 13.0 Å². The van der Waals surface area contributed by atoms with Crippen molar-refractivity contribution in [1.82, 2.24) is 14.9 Å². The highest BCUT2D eigenvalue weighted by Crippen LogP contribution is 2.23. The average molecular weight is 341 g/mol. The van der Waals surface area contributed by atoms with Crippen molar-refractivity contribution in [2.24, 2.45) is 0 Å². The Morgan fingerprint density at radius 1 is 1.40 bits per heavy atom. The van der Waals surface area contributed by atoms with Crippen LogP contribution in [0.15, 0.2) is 10.7 Å². The van der Waals surface area contributed by atoms with Gasteiger partial charge in [0.2, 0.25) is 5.91 Å². The van der Waals surface area contributed by atoms with Gasteiger partial charge in [-0.1, -0.05) is 20.8 Å². The smallest absolute Gasteiger partial charge is 0.222 e. The molecule has 0 bridgehead atoms. The molecule has 0 saturated carbocycles. The summed E-state index contributed by atoms with van der Waals surface area (Å²) in [5.74, 6) is 1.82. The lowest BCUT2D eigenvalue weighted by Gasteiger charge is -2.30. The van der Waals surface area contributed by atoms with Crippen molar-refractivity contribution < 1.29 is 4.79 Å². The van der Waals surface area contributed by atoms with Gasteiger partial charge in [0.25, 0.3) is 0 Å². The summed E-state index contributed by atoms with van der Waals surface area (Å²) in [6, 6.07) is 2.12. The molecule has 6 heteroatoms. The molecule has 1 unspecified atom stereocenters. The van der Waals surface area contributed by atoms with Gasteiger partial charge in [-0.3, -0.25) is 4.79 Å². The van der Waals surface area contributed by atoms with E-state index in [1.807, 2.05) is 13.1 Å². The van der Waals surface area contributed by atoms with E-state index in [4.69, 9.17) is 0 Å². The van der Waals surface area contributed by atoms with Gasteiger partial charge >= 0.3 is 0 Å². The Morgan fingerprint density at radius 3 is 2.70 bits per heavy atom. The van der Waals surface area contributed by atoms with Gasteiger partial charge < -0.3 is 10.2 Å². The summed E-state index contributed by atoms with van der Waals surface area (Å²) in [6.45, 7) is 6.98. The van der Waals surface area contributed by atoms with E-state index < -0.39 is 0 Å². The Labute approximate surface area is 128 Å². The van der Waals surface area contributed by atoms with Crippen molar-refractivity contribution in [2.45, 2.75) is 45.1 Å². The van der Waals surface area contributed by atoms with Gasteiger partial charge in [0.15, 0.2) is 0 Å². The van der Waals surface area contributed by atoms with Crippen LogP contribution in [-0.2, 0) is 10.2 Å². The van der Waals surface area contributed by atoms with Crippen LogP contribution in [0.4, 0.5) is 5.82 Å². The zero-order chi connectivity index (χ0) is 14.9. The number of carbonyl (C=O) groups is 1. The minimum Gasteiger partial charge on any atom is -0.365 e. The summed E-state index contributed by atoms with van der Waals surface area (Å²) >= 11 is 3.44. The second-order valence-electron chi connectivity index (χ2n) is 6.30. The van der Waals surface area contributed by atoms with Gasteiger partial charge in [0, 0.05) is 37.5 Å². The molecular formula is C14H21BrN4O. The highest BCUT2D eigenvalue weighted by Gasteiger charge is 2.24. The Bertz CT molecular complexity index is 512. The zero-order valence-electron chi connectivity index (χ0n) is 12.4. The molecule has 1 aromatic heterocycles. The first-order valence-electron chi connectivity index (χ1n) is 6.81. The largest absolute Gasteiger partial charge is 0.365 e. The van der Waals surface area contributed by atoms with E-state index in [1.165, 1.54) is 0 Å². The third kappa shape index (κ3) is 3.69. The molecule has 1 fully saturated rings. The standard InChI is InChI=1S/C14H21BrN4O/c1-14(2,3)13-17-10(15)7-11(18-13)16-9-5-6-12(20)19(4)8-9/h7,9H,5-6,8H2,1-4H3,(H,16,17,18). The van der Waals surface area contributed by atoms with E-state index in [-0.39, 0.29) is 17.4 Å². The molecule has 1 aromatic rings. The predicted octanol–water partition coefficient (Wildman–Crippen LogP) is 2.57. The molecular weight excluding hydrogens is 320 g/mol. The number of carbonyl (C=O) groups excluding carboxylic acids is 1. The number of hydrogen-bond donors (Lipinski definition) is 1. The number of aromatic nitrogens is 2. The minimum absolute atomic E-state index is 0.0977. The lowest BCUT2D eigenvalue weighted by atomic mass is 9.96. The second-order valence-corrected chi connectivity index (χ2v) is 7.12. The highest BCUT2D eigenvalue weighted by atomic mass is 79.9. The van der Waals surface area contributed by atoms with Gasteiger partial charge in [-0.15, -0.1) is 0 Å². The summed E-state index contributed by atoms with van der Waals surface area (Å²) in [7, 11) is 1.84. The fourth-order valence-electron chi connectivity index (χ4n) is 2.17. The fourth-order valence-corrected chi connectivity index (χ4v) is 2.55. The van der Waals surface area contributed by atoms with Gasteiger partial charge in [0.1, 0.15) is 16.2 Å². The number of likely N-dealkylation sites (N-methyl/N-ethyl adjacent to an activating group) is 1. The third-order valence-corrected chi connectivity index (χ3v) is 3.75. The first-order chi connectivity index (χ1) is 9.25. The van der Waals surface area contributed by atoms with Crippen molar-refractivity contribution >= 4 is 27.7 Å². The number of rotatable bonds is 2. The Balaban J connectivity index is 2.14. The molecule has 20 heavy (non-hydrogen) atoms. The van der Waals surface area contributed by atoms with Crippen LogP contribution >= 0.6 is 15.9 Å². The maximum Gasteiger partial charge on any atom is 0.222 e. The quantitative estimate of drug-likeness (QED) is 0.840. The van der Waals surface area contributed by atoms with Crippen LogP contribution in [0.2, 0.25) is 0 Å². The molecule has 0 aromatic carbocycles.